The molecule has 2 nitrogen and oxygen atoms in total. The zero-order valence-electron chi connectivity index (χ0n) is 11.3. The topological polar surface area (TPSA) is 29.3 Å². The summed E-state index contributed by atoms with van der Waals surface area (Å²) in [6.45, 7) is 5.79. The van der Waals surface area contributed by atoms with Crippen molar-refractivity contribution in [1.82, 2.24) is 0 Å². The van der Waals surface area contributed by atoms with Crippen LogP contribution in [0.3, 0.4) is 0 Å². The SMILES string of the molecule is CCN(c1ccccc1C)C(CN)c1cc(Cl)cs1. The molecule has 0 bridgehead atoms. The van der Waals surface area contributed by atoms with Gasteiger partial charge in [0.05, 0.1) is 11.1 Å². The Morgan fingerprint density at radius 2 is 2.11 bits per heavy atom. The average Bonchev–Trinajstić information content (AvgIpc) is 2.83. The van der Waals surface area contributed by atoms with Crippen molar-refractivity contribution in [2.45, 2.75) is 19.9 Å². The van der Waals surface area contributed by atoms with Crippen LogP contribution < -0.4 is 10.6 Å². The normalized spacial score (nSPS) is 12.4. The number of benzene rings is 1. The van der Waals surface area contributed by atoms with Crippen LogP contribution in [-0.2, 0) is 0 Å². The van der Waals surface area contributed by atoms with Crippen molar-refractivity contribution in [1.29, 1.82) is 0 Å². The van der Waals surface area contributed by atoms with Crippen LogP contribution in [0.25, 0.3) is 0 Å². The van der Waals surface area contributed by atoms with Crippen LogP contribution in [-0.4, -0.2) is 13.1 Å². The molecule has 1 aromatic carbocycles. The minimum atomic E-state index is 0.184. The molecule has 1 unspecified atom stereocenters. The maximum absolute atomic E-state index is 6.04. The third-order valence-corrected chi connectivity index (χ3v) is 4.66. The number of rotatable bonds is 5. The van der Waals surface area contributed by atoms with E-state index in [1.165, 1.54) is 16.1 Å². The Hall–Kier alpha value is -1.03. The molecule has 0 saturated heterocycles. The fraction of sp³-hybridized carbons (Fsp3) is 0.333. The molecule has 1 atom stereocenters. The number of hydrogen-bond donors (Lipinski definition) is 1. The predicted octanol–water partition coefficient (Wildman–Crippen LogP) is 4.24. The summed E-state index contributed by atoms with van der Waals surface area (Å²) in [6.07, 6.45) is 0. The van der Waals surface area contributed by atoms with Crippen molar-refractivity contribution in [3.05, 3.63) is 51.2 Å². The fourth-order valence-corrected chi connectivity index (χ4v) is 3.55. The fourth-order valence-electron chi connectivity index (χ4n) is 2.34. The highest BCUT2D eigenvalue weighted by Crippen LogP contribution is 2.33. The second-order valence-electron chi connectivity index (χ2n) is 4.49. The Kier molecular flexibility index (Phi) is 4.86. The molecule has 2 rings (SSSR count). The van der Waals surface area contributed by atoms with Crippen LogP contribution in [0.5, 0.6) is 0 Å². The highest BCUT2D eigenvalue weighted by atomic mass is 35.5. The van der Waals surface area contributed by atoms with E-state index in [9.17, 15) is 0 Å². The first kappa shape index (κ1) is 14.4. The molecule has 0 aliphatic heterocycles. The van der Waals surface area contributed by atoms with Crippen molar-refractivity contribution >= 4 is 28.6 Å². The van der Waals surface area contributed by atoms with E-state index < -0.39 is 0 Å². The number of hydrogen-bond acceptors (Lipinski definition) is 3. The molecule has 4 heteroatoms. The molecular weight excluding hydrogens is 276 g/mol. The molecule has 102 valence electrons. The van der Waals surface area contributed by atoms with E-state index in [-0.39, 0.29) is 6.04 Å². The maximum atomic E-state index is 6.04. The molecule has 1 aromatic heterocycles. The lowest BCUT2D eigenvalue weighted by molar-refractivity contribution is 0.652. The Labute approximate surface area is 123 Å². The Morgan fingerprint density at radius 3 is 2.63 bits per heavy atom. The standard InChI is InChI=1S/C15H19ClN2S/c1-3-18(13-7-5-4-6-11(13)2)14(9-17)15-8-12(16)10-19-15/h4-8,10,14H,3,9,17H2,1-2H3. The molecular formula is C15H19ClN2S. The van der Waals surface area contributed by atoms with Gasteiger partial charge in [0, 0.05) is 29.0 Å². The van der Waals surface area contributed by atoms with E-state index in [4.69, 9.17) is 17.3 Å². The summed E-state index contributed by atoms with van der Waals surface area (Å²) in [5.74, 6) is 0. The van der Waals surface area contributed by atoms with Gasteiger partial charge in [0.15, 0.2) is 0 Å². The molecule has 1 heterocycles. The van der Waals surface area contributed by atoms with Crippen LogP contribution in [0, 0.1) is 6.92 Å². The minimum Gasteiger partial charge on any atom is -0.362 e. The van der Waals surface area contributed by atoms with Crippen molar-refractivity contribution < 1.29 is 0 Å². The van der Waals surface area contributed by atoms with Crippen LogP contribution in [0.4, 0.5) is 5.69 Å². The van der Waals surface area contributed by atoms with E-state index in [0.717, 1.165) is 11.6 Å². The molecule has 19 heavy (non-hydrogen) atoms. The lowest BCUT2D eigenvalue weighted by Gasteiger charge is -2.32. The van der Waals surface area contributed by atoms with E-state index in [2.05, 4.69) is 43.0 Å². The second-order valence-corrected chi connectivity index (χ2v) is 5.87. The van der Waals surface area contributed by atoms with Gasteiger partial charge in [0.1, 0.15) is 0 Å². The molecule has 2 aromatic rings. The van der Waals surface area contributed by atoms with Gasteiger partial charge in [-0.1, -0.05) is 29.8 Å². The van der Waals surface area contributed by atoms with Crippen molar-refractivity contribution in [3.63, 3.8) is 0 Å². The van der Waals surface area contributed by atoms with Gasteiger partial charge < -0.3 is 10.6 Å². The van der Waals surface area contributed by atoms with Gasteiger partial charge in [0.2, 0.25) is 0 Å². The summed E-state index contributed by atoms with van der Waals surface area (Å²) in [5.41, 5.74) is 8.51. The summed E-state index contributed by atoms with van der Waals surface area (Å²) in [6, 6.07) is 10.6. The van der Waals surface area contributed by atoms with E-state index in [0.29, 0.717) is 6.54 Å². The van der Waals surface area contributed by atoms with E-state index >= 15 is 0 Å². The van der Waals surface area contributed by atoms with E-state index in [1.54, 1.807) is 11.3 Å². The number of anilines is 1. The molecule has 0 fully saturated rings. The van der Waals surface area contributed by atoms with Crippen molar-refractivity contribution in [2.75, 3.05) is 18.0 Å². The second kappa shape index (κ2) is 6.42. The number of nitrogens with zero attached hydrogens (tertiary/aromatic N) is 1. The number of thiophene rings is 1. The summed E-state index contributed by atoms with van der Waals surface area (Å²) in [7, 11) is 0. The zero-order valence-corrected chi connectivity index (χ0v) is 12.8. The van der Waals surface area contributed by atoms with Crippen molar-refractivity contribution in [3.8, 4) is 0 Å². The lowest BCUT2D eigenvalue weighted by Crippen LogP contribution is -2.33. The summed E-state index contributed by atoms with van der Waals surface area (Å²) < 4.78 is 0. The first-order chi connectivity index (χ1) is 9.17. The Balaban J connectivity index is 2.37. The van der Waals surface area contributed by atoms with Gasteiger partial charge in [-0.25, -0.2) is 0 Å². The molecule has 0 amide bonds. The van der Waals surface area contributed by atoms with Gasteiger partial charge in [-0.05, 0) is 31.5 Å². The monoisotopic (exact) mass is 294 g/mol. The largest absolute Gasteiger partial charge is 0.362 e. The van der Waals surface area contributed by atoms with Gasteiger partial charge in [-0.2, -0.15) is 0 Å². The first-order valence-corrected chi connectivity index (χ1v) is 7.69. The van der Waals surface area contributed by atoms with E-state index in [1.807, 2.05) is 11.4 Å². The molecule has 0 radical (unpaired) electrons. The molecule has 2 N–H and O–H groups in total. The molecule has 0 saturated carbocycles. The third kappa shape index (κ3) is 3.11. The number of likely N-dealkylation sites (N-methyl/N-ethyl adjacent to an activating group) is 1. The van der Waals surface area contributed by atoms with Crippen molar-refractivity contribution in [2.24, 2.45) is 5.73 Å². The van der Waals surface area contributed by atoms with Crippen LogP contribution in [0.1, 0.15) is 23.4 Å². The lowest BCUT2D eigenvalue weighted by atomic mass is 10.1. The van der Waals surface area contributed by atoms with Crippen LogP contribution >= 0.6 is 22.9 Å². The first-order valence-electron chi connectivity index (χ1n) is 6.43. The molecule has 0 spiro atoms. The quantitative estimate of drug-likeness (QED) is 0.894. The average molecular weight is 295 g/mol. The Morgan fingerprint density at radius 1 is 1.37 bits per heavy atom. The number of aryl methyl sites for hydroxylation is 1. The number of halogens is 1. The summed E-state index contributed by atoms with van der Waals surface area (Å²) in [5, 5.41) is 2.75. The van der Waals surface area contributed by atoms with Crippen LogP contribution in [0.2, 0.25) is 5.02 Å². The highest BCUT2D eigenvalue weighted by molar-refractivity contribution is 7.10. The number of nitrogens with two attached hydrogens (primary N) is 1. The third-order valence-electron chi connectivity index (χ3n) is 3.28. The maximum Gasteiger partial charge on any atom is 0.0757 e. The Bertz CT molecular complexity index is 538. The summed E-state index contributed by atoms with van der Waals surface area (Å²) in [4.78, 5) is 3.56. The zero-order chi connectivity index (χ0) is 13.8. The molecule has 0 aliphatic rings. The minimum absolute atomic E-state index is 0.184. The molecule has 0 aliphatic carbocycles. The van der Waals surface area contributed by atoms with Gasteiger partial charge >= 0.3 is 0 Å². The van der Waals surface area contributed by atoms with Gasteiger partial charge in [-0.3, -0.25) is 0 Å². The summed E-state index contributed by atoms with van der Waals surface area (Å²) >= 11 is 7.71. The van der Waals surface area contributed by atoms with Gasteiger partial charge in [-0.15, -0.1) is 11.3 Å². The van der Waals surface area contributed by atoms with Crippen LogP contribution in [0.15, 0.2) is 35.7 Å². The van der Waals surface area contributed by atoms with Gasteiger partial charge in [0.25, 0.3) is 0 Å². The predicted molar refractivity (Wildman–Crippen MR) is 85.3 cm³/mol. The highest BCUT2D eigenvalue weighted by Gasteiger charge is 2.20. The smallest absolute Gasteiger partial charge is 0.0757 e. The number of para-hydroxylation sites is 1.